The number of rotatable bonds is 1. The highest BCUT2D eigenvalue weighted by atomic mass is 35.5. The van der Waals surface area contributed by atoms with E-state index in [1.165, 1.54) is 25.7 Å². The van der Waals surface area contributed by atoms with E-state index in [4.69, 9.17) is 16.3 Å². The maximum atomic E-state index is 6.18. The Kier molecular flexibility index (Phi) is 2.11. The standard InChI is InChI=1S/C9H15ClO/c1-11-9-5-3-6-7(9)2-4-8(6)10/h6-9H,2-5H2,1H3. The van der Waals surface area contributed by atoms with Crippen LogP contribution in [0.2, 0.25) is 0 Å². The fraction of sp³-hybridized carbons (Fsp3) is 1.00. The second-order valence-corrected chi connectivity index (χ2v) is 4.33. The zero-order chi connectivity index (χ0) is 7.84. The number of alkyl halides is 1. The topological polar surface area (TPSA) is 9.23 Å². The smallest absolute Gasteiger partial charge is 0.0602 e. The minimum absolute atomic E-state index is 0.445. The van der Waals surface area contributed by atoms with Gasteiger partial charge in [0, 0.05) is 12.5 Å². The van der Waals surface area contributed by atoms with E-state index in [-0.39, 0.29) is 0 Å². The van der Waals surface area contributed by atoms with Crippen LogP contribution in [0.3, 0.4) is 0 Å². The van der Waals surface area contributed by atoms with Gasteiger partial charge in [0.25, 0.3) is 0 Å². The van der Waals surface area contributed by atoms with E-state index in [2.05, 4.69) is 0 Å². The Hall–Kier alpha value is 0.250. The van der Waals surface area contributed by atoms with Gasteiger partial charge in [0.2, 0.25) is 0 Å². The third kappa shape index (κ3) is 1.19. The summed E-state index contributed by atoms with van der Waals surface area (Å²) >= 11 is 6.18. The van der Waals surface area contributed by atoms with Crippen LogP contribution in [0.4, 0.5) is 0 Å². The molecular weight excluding hydrogens is 160 g/mol. The van der Waals surface area contributed by atoms with Crippen LogP contribution in [0.5, 0.6) is 0 Å². The molecular formula is C9H15ClO. The number of halogens is 1. The Labute approximate surface area is 73.1 Å². The molecule has 2 fully saturated rings. The van der Waals surface area contributed by atoms with Crippen molar-refractivity contribution < 1.29 is 4.74 Å². The van der Waals surface area contributed by atoms with Crippen LogP contribution in [0, 0.1) is 11.8 Å². The number of hydrogen-bond acceptors (Lipinski definition) is 1. The molecule has 4 atom stereocenters. The van der Waals surface area contributed by atoms with Gasteiger partial charge in [-0.25, -0.2) is 0 Å². The molecule has 11 heavy (non-hydrogen) atoms. The molecule has 0 heterocycles. The third-order valence-electron chi connectivity index (χ3n) is 3.36. The van der Waals surface area contributed by atoms with Crippen molar-refractivity contribution >= 4 is 11.6 Å². The minimum atomic E-state index is 0.445. The lowest BCUT2D eigenvalue weighted by atomic mass is 9.99. The van der Waals surface area contributed by atoms with Gasteiger partial charge in [-0.3, -0.25) is 0 Å². The number of methoxy groups -OCH3 is 1. The van der Waals surface area contributed by atoms with E-state index < -0.39 is 0 Å². The molecule has 0 N–H and O–H groups in total. The average molecular weight is 175 g/mol. The van der Waals surface area contributed by atoms with E-state index in [1.54, 1.807) is 0 Å². The summed E-state index contributed by atoms with van der Waals surface area (Å²) in [5.74, 6) is 1.55. The van der Waals surface area contributed by atoms with Crippen molar-refractivity contribution in [3.63, 3.8) is 0 Å². The molecule has 0 bridgehead atoms. The Balaban J connectivity index is 2.04. The highest BCUT2D eigenvalue weighted by molar-refractivity contribution is 6.21. The van der Waals surface area contributed by atoms with Crippen LogP contribution in [0.15, 0.2) is 0 Å². The summed E-state index contributed by atoms with van der Waals surface area (Å²) in [5.41, 5.74) is 0. The SMILES string of the molecule is COC1CCC2C(Cl)CCC12. The zero-order valence-electron chi connectivity index (χ0n) is 6.92. The Morgan fingerprint density at radius 3 is 2.55 bits per heavy atom. The van der Waals surface area contributed by atoms with E-state index in [0.717, 1.165) is 11.8 Å². The molecule has 0 spiro atoms. The van der Waals surface area contributed by atoms with Crippen LogP contribution in [0.1, 0.15) is 25.7 Å². The van der Waals surface area contributed by atoms with Crippen molar-refractivity contribution in [2.24, 2.45) is 11.8 Å². The molecule has 64 valence electrons. The first kappa shape index (κ1) is 7.88. The van der Waals surface area contributed by atoms with Crippen LogP contribution in [0.25, 0.3) is 0 Å². The third-order valence-corrected chi connectivity index (χ3v) is 3.90. The van der Waals surface area contributed by atoms with Crippen molar-refractivity contribution in [2.75, 3.05) is 7.11 Å². The van der Waals surface area contributed by atoms with Crippen LogP contribution < -0.4 is 0 Å². The molecule has 0 radical (unpaired) electrons. The van der Waals surface area contributed by atoms with Crippen molar-refractivity contribution in [3.8, 4) is 0 Å². The van der Waals surface area contributed by atoms with Gasteiger partial charge in [-0.2, -0.15) is 0 Å². The van der Waals surface area contributed by atoms with E-state index in [0.29, 0.717) is 11.5 Å². The van der Waals surface area contributed by atoms with Gasteiger partial charge in [-0.05, 0) is 37.5 Å². The summed E-state index contributed by atoms with van der Waals surface area (Å²) in [6.45, 7) is 0. The summed E-state index contributed by atoms with van der Waals surface area (Å²) in [7, 11) is 1.83. The molecule has 0 saturated heterocycles. The molecule has 1 nitrogen and oxygen atoms in total. The predicted molar refractivity (Wildman–Crippen MR) is 45.9 cm³/mol. The molecule has 2 saturated carbocycles. The van der Waals surface area contributed by atoms with Gasteiger partial charge < -0.3 is 4.74 Å². The first-order chi connectivity index (χ1) is 5.33. The normalized spacial score (nSPS) is 49.6. The number of ether oxygens (including phenoxy) is 1. The molecule has 2 heteroatoms. The van der Waals surface area contributed by atoms with E-state index >= 15 is 0 Å². The predicted octanol–water partition coefficient (Wildman–Crippen LogP) is 2.43. The molecule has 0 aliphatic heterocycles. The maximum absolute atomic E-state index is 6.18. The van der Waals surface area contributed by atoms with Crippen LogP contribution >= 0.6 is 11.6 Å². The quantitative estimate of drug-likeness (QED) is 0.555. The zero-order valence-corrected chi connectivity index (χ0v) is 7.68. The molecule has 2 rings (SSSR count). The van der Waals surface area contributed by atoms with Crippen molar-refractivity contribution in [3.05, 3.63) is 0 Å². The van der Waals surface area contributed by atoms with Crippen molar-refractivity contribution in [1.82, 2.24) is 0 Å². The molecule has 0 aromatic carbocycles. The minimum Gasteiger partial charge on any atom is -0.381 e. The van der Waals surface area contributed by atoms with Crippen LogP contribution in [-0.4, -0.2) is 18.6 Å². The Morgan fingerprint density at radius 1 is 1.09 bits per heavy atom. The Morgan fingerprint density at radius 2 is 1.82 bits per heavy atom. The lowest BCUT2D eigenvalue weighted by Gasteiger charge is -2.16. The Bertz CT molecular complexity index is 148. The summed E-state index contributed by atoms with van der Waals surface area (Å²) in [6.07, 6.45) is 5.53. The fourth-order valence-corrected chi connectivity index (χ4v) is 3.21. The highest BCUT2D eigenvalue weighted by Gasteiger charge is 2.44. The monoisotopic (exact) mass is 174 g/mol. The summed E-state index contributed by atoms with van der Waals surface area (Å²) in [4.78, 5) is 0. The molecule has 4 unspecified atom stereocenters. The van der Waals surface area contributed by atoms with Crippen molar-refractivity contribution in [1.29, 1.82) is 0 Å². The summed E-state index contributed by atoms with van der Waals surface area (Å²) in [6, 6.07) is 0. The van der Waals surface area contributed by atoms with Gasteiger partial charge >= 0.3 is 0 Å². The van der Waals surface area contributed by atoms with Crippen molar-refractivity contribution in [2.45, 2.75) is 37.2 Å². The maximum Gasteiger partial charge on any atom is 0.0602 e. The van der Waals surface area contributed by atoms with Gasteiger partial charge in [0.05, 0.1) is 6.10 Å². The van der Waals surface area contributed by atoms with Gasteiger partial charge in [0.15, 0.2) is 0 Å². The van der Waals surface area contributed by atoms with Crippen LogP contribution in [-0.2, 0) is 4.74 Å². The molecule has 0 aromatic rings. The molecule has 0 amide bonds. The molecule has 2 aliphatic carbocycles. The summed E-state index contributed by atoms with van der Waals surface area (Å²) in [5, 5.41) is 0.445. The highest BCUT2D eigenvalue weighted by Crippen LogP contribution is 2.47. The number of hydrogen-bond donors (Lipinski definition) is 0. The average Bonchev–Trinajstić information content (AvgIpc) is 2.53. The lowest BCUT2D eigenvalue weighted by Crippen LogP contribution is -2.18. The summed E-state index contributed by atoms with van der Waals surface area (Å²) < 4.78 is 5.41. The number of fused-ring (bicyclic) bond motifs is 1. The second-order valence-electron chi connectivity index (χ2n) is 3.77. The van der Waals surface area contributed by atoms with E-state index in [1.807, 2.05) is 7.11 Å². The second kappa shape index (κ2) is 2.95. The molecule has 0 aromatic heterocycles. The first-order valence-electron chi connectivity index (χ1n) is 4.50. The fourth-order valence-electron chi connectivity index (χ4n) is 2.77. The van der Waals surface area contributed by atoms with Gasteiger partial charge in [-0.15, -0.1) is 11.6 Å². The van der Waals surface area contributed by atoms with E-state index in [9.17, 15) is 0 Å². The molecule has 2 aliphatic rings. The largest absolute Gasteiger partial charge is 0.381 e. The van der Waals surface area contributed by atoms with Gasteiger partial charge in [0.1, 0.15) is 0 Å². The first-order valence-corrected chi connectivity index (χ1v) is 4.93. The van der Waals surface area contributed by atoms with Gasteiger partial charge in [-0.1, -0.05) is 0 Å². The lowest BCUT2D eigenvalue weighted by molar-refractivity contribution is 0.0670.